The Balaban J connectivity index is 1.19. The molecular formula is C21H29N5O. The van der Waals surface area contributed by atoms with E-state index in [2.05, 4.69) is 56.1 Å². The molecule has 0 aliphatic carbocycles. The molecule has 0 radical (unpaired) electrons. The first kappa shape index (κ1) is 17.8. The van der Waals surface area contributed by atoms with Crippen LogP contribution in [0.3, 0.4) is 0 Å². The zero-order valence-electron chi connectivity index (χ0n) is 16.0. The Labute approximate surface area is 161 Å². The van der Waals surface area contributed by atoms with Gasteiger partial charge in [-0.05, 0) is 43.3 Å². The van der Waals surface area contributed by atoms with Crippen LogP contribution in [0.1, 0.15) is 6.42 Å². The highest BCUT2D eigenvalue weighted by atomic mass is 16.5. The molecule has 0 unspecified atom stereocenters. The number of rotatable bonds is 7. The van der Waals surface area contributed by atoms with E-state index in [0.717, 1.165) is 58.1 Å². The summed E-state index contributed by atoms with van der Waals surface area (Å²) in [5, 5.41) is 10.2. The molecule has 2 aliphatic rings. The van der Waals surface area contributed by atoms with Crippen LogP contribution in [0, 0.1) is 0 Å². The number of fused-ring (bicyclic) bond motifs is 1. The van der Waals surface area contributed by atoms with Crippen LogP contribution >= 0.6 is 0 Å². The van der Waals surface area contributed by atoms with E-state index < -0.39 is 0 Å². The fraction of sp³-hybridized carbons (Fsp3) is 0.429. The lowest BCUT2D eigenvalue weighted by atomic mass is 10.2. The Hall–Kier alpha value is -2.60. The lowest BCUT2D eigenvalue weighted by molar-refractivity contribution is 0.256. The third-order valence-corrected chi connectivity index (χ3v) is 5.36. The molecule has 6 nitrogen and oxygen atoms in total. The normalized spacial score (nSPS) is 16.4. The van der Waals surface area contributed by atoms with E-state index in [1.54, 1.807) is 7.11 Å². The lowest BCUT2D eigenvalue weighted by Gasteiger charge is -2.36. The maximum Gasteiger partial charge on any atom is 0.142 e. The quantitative estimate of drug-likeness (QED) is 0.654. The van der Waals surface area contributed by atoms with Crippen molar-refractivity contribution in [3.63, 3.8) is 0 Å². The van der Waals surface area contributed by atoms with Crippen LogP contribution < -0.4 is 25.6 Å². The standard InChI is InChI=1S/C21H29N5O/c1-27-21-6-3-2-5-20(21)26-13-11-25(12-14-26)10-4-9-22-17-7-8-18-19(15-17)24-16-23-18/h2-3,5-8,15,22-24H,4,9-14,16H2,1H3. The minimum atomic E-state index is 0.819. The second-order valence-electron chi connectivity index (χ2n) is 7.07. The number of benzene rings is 2. The lowest BCUT2D eigenvalue weighted by Crippen LogP contribution is -2.46. The second kappa shape index (κ2) is 8.39. The molecule has 2 aromatic carbocycles. The van der Waals surface area contributed by atoms with Crippen molar-refractivity contribution in [2.24, 2.45) is 0 Å². The van der Waals surface area contributed by atoms with Crippen molar-refractivity contribution < 1.29 is 4.74 Å². The van der Waals surface area contributed by atoms with Crippen LogP contribution in [-0.4, -0.2) is 57.9 Å². The molecule has 0 aromatic heterocycles. The summed E-state index contributed by atoms with van der Waals surface area (Å²) in [6.45, 7) is 7.27. The van der Waals surface area contributed by atoms with Gasteiger partial charge in [-0.2, -0.15) is 0 Å². The Morgan fingerprint density at radius 1 is 1.00 bits per heavy atom. The van der Waals surface area contributed by atoms with Crippen molar-refractivity contribution in [3.8, 4) is 5.75 Å². The van der Waals surface area contributed by atoms with Gasteiger partial charge >= 0.3 is 0 Å². The molecular weight excluding hydrogens is 338 g/mol. The molecule has 3 N–H and O–H groups in total. The molecule has 0 amide bonds. The molecule has 1 saturated heterocycles. The summed E-state index contributed by atoms with van der Waals surface area (Å²) in [5.74, 6) is 0.967. The molecule has 6 heteroatoms. The Morgan fingerprint density at radius 2 is 1.81 bits per heavy atom. The average molecular weight is 367 g/mol. The summed E-state index contributed by atoms with van der Waals surface area (Å²) in [4.78, 5) is 4.99. The minimum absolute atomic E-state index is 0.819. The van der Waals surface area contributed by atoms with Gasteiger partial charge in [0.05, 0.1) is 30.8 Å². The molecule has 0 spiro atoms. The number of nitrogens with one attached hydrogen (secondary N) is 3. The van der Waals surface area contributed by atoms with Crippen LogP contribution in [0.5, 0.6) is 5.75 Å². The number of ether oxygens (including phenoxy) is 1. The molecule has 2 aliphatic heterocycles. The van der Waals surface area contributed by atoms with Crippen LogP contribution in [0.4, 0.5) is 22.7 Å². The number of hydrogen-bond acceptors (Lipinski definition) is 6. The summed E-state index contributed by atoms with van der Waals surface area (Å²) in [6, 6.07) is 14.8. The Morgan fingerprint density at radius 3 is 2.67 bits per heavy atom. The first-order valence-electron chi connectivity index (χ1n) is 9.79. The zero-order chi connectivity index (χ0) is 18.5. The number of para-hydroxylation sites is 2. The van der Waals surface area contributed by atoms with E-state index in [4.69, 9.17) is 4.74 Å². The SMILES string of the molecule is COc1ccccc1N1CCN(CCCNc2ccc3c(c2)NCN3)CC1. The molecule has 0 bridgehead atoms. The van der Waals surface area contributed by atoms with Gasteiger partial charge in [0.1, 0.15) is 5.75 Å². The third kappa shape index (κ3) is 4.22. The summed E-state index contributed by atoms with van der Waals surface area (Å²) in [7, 11) is 1.75. The number of anilines is 4. The second-order valence-corrected chi connectivity index (χ2v) is 7.07. The van der Waals surface area contributed by atoms with Crippen molar-refractivity contribution >= 4 is 22.7 Å². The maximum absolute atomic E-state index is 5.50. The first-order valence-corrected chi connectivity index (χ1v) is 9.79. The highest BCUT2D eigenvalue weighted by Crippen LogP contribution is 2.29. The first-order chi connectivity index (χ1) is 13.3. The highest BCUT2D eigenvalue weighted by molar-refractivity contribution is 5.77. The van der Waals surface area contributed by atoms with E-state index in [9.17, 15) is 0 Å². The van der Waals surface area contributed by atoms with Crippen LogP contribution in [0.15, 0.2) is 42.5 Å². The van der Waals surface area contributed by atoms with Crippen molar-refractivity contribution in [3.05, 3.63) is 42.5 Å². The smallest absolute Gasteiger partial charge is 0.142 e. The van der Waals surface area contributed by atoms with Crippen molar-refractivity contribution in [2.75, 3.05) is 73.9 Å². The number of hydrogen-bond donors (Lipinski definition) is 3. The number of piperazine rings is 1. The molecule has 144 valence electrons. The van der Waals surface area contributed by atoms with Gasteiger partial charge in [0.2, 0.25) is 0 Å². The van der Waals surface area contributed by atoms with Crippen LogP contribution in [0.25, 0.3) is 0 Å². The fourth-order valence-electron chi connectivity index (χ4n) is 3.83. The Kier molecular flexibility index (Phi) is 5.53. The average Bonchev–Trinajstić information content (AvgIpc) is 3.19. The summed E-state index contributed by atoms with van der Waals surface area (Å²) in [6.07, 6.45) is 1.15. The summed E-state index contributed by atoms with van der Waals surface area (Å²) in [5.41, 5.74) is 4.77. The van der Waals surface area contributed by atoms with Gasteiger partial charge in [0, 0.05) is 38.4 Å². The fourth-order valence-corrected chi connectivity index (χ4v) is 3.83. The maximum atomic E-state index is 5.50. The molecule has 27 heavy (non-hydrogen) atoms. The van der Waals surface area contributed by atoms with Crippen LogP contribution in [-0.2, 0) is 0 Å². The zero-order valence-corrected chi connectivity index (χ0v) is 16.0. The molecule has 1 fully saturated rings. The minimum Gasteiger partial charge on any atom is -0.495 e. The van der Waals surface area contributed by atoms with Gasteiger partial charge in [-0.3, -0.25) is 4.90 Å². The summed E-state index contributed by atoms with van der Waals surface area (Å²) >= 11 is 0. The van der Waals surface area contributed by atoms with E-state index in [1.807, 2.05) is 12.1 Å². The molecule has 0 saturated carbocycles. The van der Waals surface area contributed by atoms with Crippen molar-refractivity contribution in [2.45, 2.75) is 6.42 Å². The number of methoxy groups -OCH3 is 1. The van der Waals surface area contributed by atoms with Gasteiger partial charge in [-0.1, -0.05) is 12.1 Å². The van der Waals surface area contributed by atoms with Gasteiger partial charge in [-0.15, -0.1) is 0 Å². The van der Waals surface area contributed by atoms with Gasteiger partial charge < -0.3 is 25.6 Å². The van der Waals surface area contributed by atoms with Gasteiger partial charge in [0.15, 0.2) is 0 Å². The van der Waals surface area contributed by atoms with E-state index in [-0.39, 0.29) is 0 Å². The van der Waals surface area contributed by atoms with Crippen LogP contribution in [0.2, 0.25) is 0 Å². The topological polar surface area (TPSA) is 51.8 Å². The monoisotopic (exact) mass is 367 g/mol. The van der Waals surface area contributed by atoms with Gasteiger partial charge in [-0.25, -0.2) is 0 Å². The summed E-state index contributed by atoms with van der Waals surface area (Å²) < 4.78 is 5.50. The van der Waals surface area contributed by atoms with E-state index in [0.29, 0.717) is 0 Å². The number of nitrogens with zero attached hydrogens (tertiary/aromatic N) is 2. The molecule has 0 atom stereocenters. The predicted molar refractivity (Wildman–Crippen MR) is 113 cm³/mol. The predicted octanol–water partition coefficient (Wildman–Crippen LogP) is 3.11. The molecule has 2 heterocycles. The molecule has 4 rings (SSSR count). The van der Waals surface area contributed by atoms with E-state index in [1.165, 1.54) is 22.7 Å². The highest BCUT2D eigenvalue weighted by Gasteiger charge is 2.19. The van der Waals surface area contributed by atoms with Gasteiger partial charge in [0.25, 0.3) is 0 Å². The largest absolute Gasteiger partial charge is 0.495 e. The van der Waals surface area contributed by atoms with Crippen molar-refractivity contribution in [1.29, 1.82) is 0 Å². The van der Waals surface area contributed by atoms with Crippen molar-refractivity contribution in [1.82, 2.24) is 4.90 Å². The third-order valence-electron chi connectivity index (χ3n) is 5.36. The Bertz CT molecular complexity index is 758. The van der Waals surface area contributed by atoms with E-state index >= 15 is 0 Å². The molecule has 2 aromatic rings.